The molecule has 2 aromatic heterocycles. The number of anilines is 1. The molecule has 0 saturated heterocycles. The summed E-state index contributed by atoms with van der Waals surface area (Å²) in [4.78, 5) is 33.3. The molecule has 1 aliphatic rings. The number of benzene rings is 2. The molecule has 5 rings (SSSR count). The van der Waals surface area contributed by atoms with Crippen LogP contribution in [-0.4, -0.2) is 24.6 Å². The molecule has 1 unspecified atom stereocenters. The van der Waals surface area contributed by atoms with Gasteiger partial charge >= 0.3 is 0 Å². The topological polar surface area (TPSA) is 81.9 Å². The number of aryl methyl sites for hydroxylation is 1. The zero-order chi connectivity index (χ0) is 23.1. The van der Waals surface area contributed by atoms with E-state index in [-0.39, 0.29) is 16.8 Å². The lowest BCUT2D eigenvalue weighted by Gasteiger charge is -2.26. The van der Waals surface area contributed by atoms with Crippen LogP contribution in [0.5, 0.6) is 11.5 Å². The summed E-state index contributed by atoms with van der Waals surface area (Å²) in [6.07, 6.45) is 1.63. The molecule has 0 N–H and O–H groups in total. The quantitative estimate of drug-likeness (QED) is 0.447. The van der Waals surface area contributed by atoms with Gasteiger partial charge < -0.3 is 13.9 Å². The van der Waals surface area contributed by atoms with Crippen LogP contribution in [0.3, 0.4) is 0 Å². The van der Waals surface area contributed by atoms with Crippen molar-refractivity contribution < 1.29 is 18.7 Å². The molecule has 3 heterocycles. The van der Waals surface area contributed by atoms with Gasteiger partial charge in [-0.3, -0.25) is 14.5 Å². The minimum Gasteiger partial charge on any atom is -0.493 e. The molecule has 2 aromatic carbocycles. The van der Waals surface area contributed by atoms with Gasteiger partial charge in [-0.1, -0.05) is 24.3 Å². The van der Waals surface area contributed by atoms with Crippen LogP contribution in [0, 0.1) is 6.92 Å². The van der Waals surface area contributed by atoms with Crippen molar-refractivity contribution in [3.05, 3.63) is 93.5 Å². The average molecular weight is 442 g/mol. The van der Waals surface area contributed by atoms with Gasteiger partial charge in [-0.15, -0.1) is 0 Å². The molecule has 33 heavy (non-hydrogen) atoms. The van der Waals surface area contributed by atoms with E-state index < -0.39 is 11.9 Å². The minimum atomic E-state index is -0.730. The molecule has 0 bridgehead atoms. The van der Waals surface area contributed by atoms with E-state index in [0.29, 0.717) is 40.5 Å². The molecule has 0 saturated carbocycles. The van der Waals surface area contributed by atoms with Gasteiger partial charge in [-0.05, 0) is 55.3 Å². The van der Waals surface area contributed by atoms with Gasteiger partial charge in [-0.2, -0.15) is 0 Å². The largest absolute Gasteiger partial charge is 0.493 e. The van der Waals surface area contributed by atoms with E-state index in [9.17, 15) is 9.59 Å². The zero-order valence-corrected chi connectivity index (χ0v) is 18.5. The first-order valence-corrected chi connectivity index (χ1v) is 10.7. The fourth-order valence-electron chi connectivity index (χ4n) is 4.31. The van der Waals surface area contributed by atoms with Gasteiger partial charge in [0.1, 0.15) is 11.4 Å². The summed E-state index contributed by atoms with van der Waals surface area (Å²) in [6.45, 7) is 4.25. The summed E-state index contributed by atoms with van der Waals surface area (Å²) in [5.41, 5.74) is 1.91. The van der Waals surface area contributed by atoms with Gasteiger partial charge in [-0.25, -0.2) is 4.98 Å². The molecular weight excluding hydrogens is 420 g/mol. The van der Waals surface area contributed by atoms with Crippen molar-refractivity contribution in [3.63, 3.8) is 0 Å². The SMILES string of the molecule is CCOc1ccc(C2c3c(oc4ccccc4c3=O)C(=O)N2c2ncccc2C)cc1OC. The highest BCUT2D eigenvalue weighted by Gasteiger charge is 2.44. The van der Waals surface area contributed by atoms with Gasteiger partial charge in [0.15, 0.2) is 16.9 Å². The molecule has 0 fully saturated rings. The van der Waals surface area contributed by atoms with E-state index in [0.717, 1.165) is 5.56 Å². The normalized spacial score (nSPS) is 15.1. The standard InChI is InChI=1S/C26H22N2O5/c1-4-32-19-12-11-16(14-20(19)31-3)22-21-23(29)17-9-5-6-10-18(17)33-24(21)26(30)28(22)25-15(2)8-7-13-27-25/h5-14,22H,4H2,1-3H3. The summed E-state index contributed by atoms with van der Waals surface area (Å²) in [5.74, 6) is 1.18. The number of fused-ring (bicyclic) bond motifs is 2. The molecule has 1 aliphatic heterocycles. The molecule has 0 aliphatic carbocycles. The molecule has 7 heteroatoms. The number of carbonyl (C=O) groups excluding carboxylic acids is 1. The highest BCUT2D eigenvalue weighted by molar-refractivity contribution is 6.10. The van der Waals surface area contributed by atoms with Crippen LogP contribution in [-0.2, 0) is 0 Å². The van der Waals surface area contributed by atoms with Crippen LogP contribution >= 0.6 is 0 Å². The van der Waals surface area contributed by atoms with Crippen molar-refractivity contribution in [3.8, 4) is 11.5 Å². The Morgan fingerprint density at radius 1 is 1.06 bits per heavy atom. The van der Waals surface area contributed by atoms with E-state index in [2.05, 4.69) is 4.98 Å². The highest BCUT2D eigenvalue weighted by atomic mass is 16.5. The van der Waals surface area contributed by atoms with Crippen molar-refractivity contribution in [1.29, 1.82) is 0 Å². The molecule has 1 atom stereocenters. The number of para-hydroxylation sites is 1. The number of hydrogen-bond donors (Lipinski definition) is 0. The van der Waals surface area contributed by atoms with Gasteiger partial charge in [0.05, 0.1) is 30.7 Å². The summed E-state index contributed by atoms with van der Waals surface area (Å²) >= 11 is 0. The number of ether oxygens (including phenoxy) is 2. The van der Waals surface area contributed by atoms with Crippen molar-refractivity contribution in [2.75, 3.05) is 18.6 Å². The van der Waals surface area contributed by atoms with Crippen molar-refractivity contribution >= 4 is 22.7 Å². The maximum absolute atomic E-state index is 13.7. The van der Waals surface area contributed by atoms with Gasteiger partial charge in [0.25, 0.3) is 5.91 Å². The van der Waals surface area contributed by atoms with E-state index in [4.69, 9.17) is 13.9 Å². The van der Waals surface area contributed by atoms with Crippen LogP contribution in [0.15, 0.2) is 70.0 Å². The lowest BCUT2D eigenvalue weighted by atomic mass is 9.98. The second kappa shape index (κ2) is 8.09. The zero-order valence-electron chi connectivity index (χ0n) is 18.5. The van der Waals surface area contributed by atoms with Crippen LogP contribution in [0.2, 0.25) is 0 Å². The molecule has 166 valence electrons. The first-order chi connectivity index (χ1) is 16.0. The smallest absolute Gasteiger partial charge is 0.296 e. The third-order valence-electron chi connectivity index (χ3n) is 5.79. The van der Waals surface area contributed by atoms with Crippen LogP contribution in [0.25, 0.3) is 11.0 Å². The van der Waals surface area contributed by atoms with E-state index in [1.807, 2.05) is 26.0 Å². The molecule has 0 radical (unpaired) electrons. The second-order valence-electron chi connectivity index (χ2n) is 7.74. The van der Waals surface area contributed by atoms with E-state index in [1.165, 1.54) is 4.90 Å². The number of carbonyl (C=O) groups is 1. The number of hydrogen-bond acceptors (Lipinski definition) is 6. The summed E-state index contributed by atoms with van der Waals surface area (Å²) in [5, 5.41) is 0.423. The number of amides is 1. The van der Waals surface area contributed by atoms with Crippen LogP contribution in [0.1, 0.15) is 40.2 Å². The van der Waals surface area contributed by atoms with Crippen LogP contribution < -0.4 is 19.8 Å². The monoisotopic (exact) mass is 442 g/mol. The predicted molar refractivity (Wildman–Crippen MR) is 124 cm³/mol. The Kier molecular flexibility index (Phi) is 5.09. The lowest BCUT2D eigenvalue weighted by molar-refractivity contribution is 0.0970. The lowest BCUT2D eigenvalue weighted by Crippen LogP contribution is -2.31. The number of aromatic nitrogens is 1. The summed E-state index contributed by atoms with van der Waals surface area (Å²) in [7, 11) is 1.55. The predicted octanol–water partition coefficient (Wildman–Crippen LogP) is 4.65. The fraction of sp³-hybridized carbons (Fsp3) is 0.192. The molecule has 1 amide bonds. The minimum absolute atomic E-state index is 0.0293. The maximum Gasteiger partial charge on any atom is 0.296 e. The Morgan fingerprint density at radius 2 is 1.88 bits per heavy atom. The number of pyridine rings is 1. The van der Waals surface area contributed by atoms with Crippen molar-refractivity contribution in [1.82, 2.24) is 4.98 Å². The van der Waals surface area contributed by atoms with Crippen LogP contribution in [0.4, 0.5) is 5.82 Å². The Morgan fingerprint density at radius 3 is 2.64 bits per heavy atom. The third-order valence-corrected chi connectivity index (χ3v) is 5.79. The number of nitrogens with zero attached hydrogens (tertiary/aromatic N) is 2. The Bertz CT molecular complexity index is 1440. The van der Waals surface area contributed by atoms with E-state index in [1.54, 1.807) is 55.8 Å². The average Bonchev–Trinajstić information content (AvgIpc) is 3.12. The molecular formula is C26H22N2O5. The Balaban J connectivity index is 1.80. The molecule has 0 spiro atoms. The maximum atomic E-state index is 13.7. The Labute approximate surface area is 190 Å². The summed E-state index contributed by atoms with van der Waals surface area (Å²) in [6, 6.07) is 15.3. The highest BCUT2D eigenvalue weighted by Crippen LogP contribution is 2.43. The Hall–Kier alpha value is -4.13. The molecule has 7 nitrogen and oxygen atoms in total. The van der Waals surface area contributed by atoms with E-state index >= 15 is 0 Å². The summed E-state index contributed by atoms with van der Waals surface area (Å²) < 4.78 is 17.2. The van der Waals surface area contributed by atoms with Gasteiger partial charge in [0.2, 0.25) is 5.76 Å². The van der Waals surface area contributed by atoms with Crippen molar-refractivity contribution in [2.24, 2.45) is 0 Å². The first kappa shape index (κ1) is 20.8. The number of rotatable bonds is 5. The second-order valence-corrected chi connectivity index (χ2v) is 7.74. The molecule has 4 aromatic rings. The third kappa shape index (κ3) is 3.24. The first-order valence-electron chi connectivity index (χ1n) is 10.7. The van der Waals surface area contributed by atoms with Crippen molar-refractivity contribution in [2.45, 2.75) is 19.9 Å². The van der Waals surface area contributed by atoms with Gasteiger partial charge in [0, 0.05) is 6.20 Å². The fourth-order valence-corrected chi connectivity index (χ4v) is 4.31. The number of methoxy groups -OCH3 is 1.